The van der Waals surface area contributed by atoms with Gasteiger partial charge in [-0.3, -0.25) is 9.59 Å². The number of nitrogens with one attached hydrogen (secondary N) is 1. The van der Waals surface area contributed by atoms with Crippen LogP contribution in [-0.2, 0) is 20.9 Å². The maximum absolute atomic E-state index is 13.1. The highest BCUT2D eigenvalue weighted by Gasteiger charge is 2.70. The van der Waals surface area contributed by atoms with Crippen LogP contribution in [0.3, 0.4) is 0 Å². The van der Waals surface area contributed by atoms with Crippen molar-refractivity contribution in [2.24, 2.45) is 56.2 Å². The van der Waals surface area contributed by atoms with E-state index in [9.17, 15) is 19.8 Å². The van der Waals surface area contributed by atoms with E-state index in [4.69, 9.17) is 16.3 Å². The van der Waals surface area contributed by atoms with E-state index in [1.54, 1.807) is 25.0 Å². The summed E-state index contributed by atoms with van der Waals surface area (Å²) in [5.74, 6) is 0.611. The number of carboxylic acid groups (broad SMARTS) is 1. The van der Waals surface area contributed by atoms with E-state index in [-0.39, 0.29) is 39.6 Å². The highest BCUT2D eigenvalue weighted by molar-refractivity contribution is 6.30. The predicted molar refractivity (Wildman–Crippen MR) is 204 cm³/mol. The van der Waals surface area contributed by atoms with Gasteiger partial charge in [-0.05, 0) is 136 Å². The average Bonchev–Trinajstić information content (AvgIpc) is 3.45. The van der Waals surface area contributed by atoms with Gasteiger partial charge in [-0.25, -0.2) is 0 Å². The summed E-state index contributed by atoms with van der Waals surface area (Å²) in [4.78, 5) is 24.8. The third-order valence-corrected chi connectivity index (χ3v) is 16.6. The van der Waals surface area contributed by atoms with E-state index in [0.29, 0.717) is 30.2 Å². The second-order valence-corrected chi connectivity index (χ2v) is 20.3. The standard InChI is InChI=1S/C44H66ClNO5/c1-27(2)30-16-21-44(34(47)26-46-25-28-10-12-29(45)13-11-28)23-22-42(8)31(37(30)44)14-15-33-41(7)19-18-35(51-36(48)24-39(3,4)38(49)50)40(5,6)32(41)17-20-43(33,42)9/h10-13,27,31-35,46-47H,14-26H2,1-9H3,(H,49,50)/t31-,32+,33-,34-,35+,41+,42-,43-,44+/m1/s1. The molecule has 0 aliphatic heterocycles. The molecule has 0 aromatic heterocycles. The lowest BCUT2D eigenvalue weighted by Crippen LogP contribution is -2.66. The number of esters is 1. The van der Waals surface area contributed by atoms with Crippen molar-refractivity contribution in [1.82, 2.24) is 5.32 Å². The third-order valence-electron chi connectivity index (χ3n) is 16.3. The summed E-state index contributed by atoms with van der Waals surface area (Å²) < 4.78 is 6.18. The maximum Gasteiger partial charge on any atom is 0.309 e. The first-order valence-electron chi connectivity index (χ1n) is 20.0. The van der Waals surface area contributed by atoms with Gasteiger partial charge in [0.15, 0.2) is 0 Å². The van der Waals surface area contributed by atoms with Crippen molar-refractivity contribution in [3.8, 4) is 0 Å². The normalized spacial score (nSPS) is 38.0. The lowest BCUT2D eigenvalue weighted by atomic mass is 9.33. The zero-order valence-electron chi connectivity index (χ0n) is 33.0. The number of hydrogen-bond acceptors (Lipinski definition) is 5. The Kier molecular flexibility index (Phi) is 10.2. The van der Waals surface area contributed by atoms with Crippen molar-refractivity contribution in [3.63, 3.8) is 0 Å². The Bertz CT molecular complexity index is 1530. The van der Waals surface area contributed by atoms with Crippen LogP contribution in [0.2, 0.25) is 5.02 Å². The van der Waals surface area contributed by atoms with Crippen LogP contribution in [0.4, 0.5) is 0 Å². The second-order valence-electron chi connectivity index (χ2n) is 19.8. The summed E-state index contributed by atoms with van der Waals surface area (Å²) >= 11 is 6.12. The molecule has 5 aliphatic carbocycles. The van der Waals surface area contributed by atoms with E-state index < -0.39 is 23.5 Å². The molecule has 4 fully saturated rings. The number of halogens is 1. The number of allylic oxidation sites excluding steroid dienone is 1. The molecule has 5 aliphatic rings. The van der Waals surface area contributed by atoms with Gasteiger partial charge in [0.05, 0.1) is 17.9 Å². The summed E-state index contributed by atoms with van der Waals surface area (Å²) in [6.07, 6.45) is 10.2. The minimum absolute atomic E-state index is 0.111. The summed E-state index contributed by atoms with van der Waals surface area (Å²) in [5, 5.41) is 26.1. The molecule has 7 heteroatoms. The number of aliphatic carboxylic acids is 1. The fraction of sp³-hybridized carbons (Fsp3) is 0.773. The Balaban J connectivity index is 1.23. The molecule has 1 aromatic carbocycles. The molecule has 0 heterocycles. The molecule has 6 nitrogen and oxygen atoms in total. The molecule has 51 heavy (non-hydrogen) atoms. The smallest absolute Gasteiger partial charge is 0.309 e. The fourth-order valence-corrected chi connectivity index (χ4v) is 13.3. The third kappa shape index (κ3) is 6.23. The SMILES string of the molecule is CC(C)C1=C2[C@H]3CC[C@@H]4[C@@]5(C)CC[C@H](OC(=O)CC(C)(C)C(=O)O)C(C)(C)[C@@H]5CC[C@@]4(C)[C@]3(C)CC[C@]2([C@H](O)CNCc2ccc(Cl)cc2)CC1. The molecular formula is C44H66ClNO5. The number of ether oxygens (including phenoxy) is 1. The Morgan fingerprint density at radius 2 is 1.61 bits per heavy atom. The minimum Gasteiger partial charge on any atom is -0.481 e. The van der Waals surface area contributed by atoms with Crippen LogP contribution in [-0.4, -0.2) is 40.9 Å². The lowest BCUT2D eigenvalue weighted by molar-refractivity contribution is -0.235. The lowest BCUT2D eigenvalue weighted by Gasteiger charge is -2.72. The number of benzene rings is 1. The molecule has 1 aromatic rings. The van der Waals surface area contributed by atoms with Gasteiger partial charge in [-0.1, -0.05) is 83.3 Å². The molecule has 0 amide bonds. The summed E-state index contributed by atoms with van der Waals surface area (Å²) in [7, 11) is 0. The Hall–Kier alpha value is -1.89. The first-order chi connectivity index (χ1) is 23.7. The first-order valence-corrected chi connectivity index (χ1v) is 20.4. The van der Waals surface area contributed by atoms with Crippen molar-refractivity contribution in [1.29, 1.82) is 0 Å². The van der Waals surface area contributed by atoms with Gasteiger partial charge < -0.3 is 20.3 Å². The Morgan fingerprint density at radius 1 is 0.922 bits per heavy atom. The molecule has 0 radical (unpaired) electrons. The molecule has 9 atom stereocenters. The van der Waals surface area contributed by atoms with Gasteiger partial charge in [0.1, 0.15) is 6.10 Å². The fourth-order valence-electron chi connectivity index (χ4n) is 13.2. The predicted octanol–water partition coefficient (Wildman–Crippen LogP) is 10.0. The number of carbonyl (C=O) groups excluding carboxylic acids is 1. The number of carboxylic acids is 1. The molecule has 4 saturated carbocycles. The van der Waals surface area contributed by atoms with E-state index in [2.05, 4.69) is 65.9 Å². The van der Waals surface area contributed by atoms with E-state index in [1.165, 1.54) is 24.8 Å². The minimum atomic E-state index is -1.14. The number of aliphatic hydroxyl groups excluding tert-OH is 1. The summed E-state index contributed by atoms with van der Waals surface area (Å²) in [6, 6.07) is 7.98. The molecule has 284 valence electrons. The van der Waals surface area contributed by atoms with Crippen molar-refractivity contribution in [2.75, 3.05) is 6.54 Å². The van der Waals surface area contributed by atoms with Crippen LogP contribution in [0.15, 0.2) is 35.4 Å². The molecule has 3 N–H and O–H groups in total. The van der Waals surface area contributed by atoms with Crippen molar-refractivity contribution >= 4 is 23.5 Å². The number of carbonyl (C=O) groups is 2. The van der Waals surface area contributed by atoms with Gasteiger partial charge in [0.2, 0.25) is 0 Å². The Morgan fingerprint density at radius 3 is 2.25 bits per heavy atom. The molecule has 0 spiro atoms. The summed E-state index contributed by atoms with van der Waals surface area (Å²) in [5.41, 5.74) is 3.42. The highest BCUT2D eigenvalue weighted by atomic mass is 35.5. The number of aliphatic hydroxyl groups is 1. The van der Waals surface area contributed by atoms with Gasteiger partial charge >= 0.3 is 11.9 Å². The van der Waals surface area contributed by atoms with Crippen molar-refractivity contribution < 1.29 is 24.5 Å². The Labute approximate surface area is 312 Å². The van der Waals surface area contributed by atoms with Crippen LogP contribution in [0, 0.1) is 56.2 Å². The molecular weight excluding hydrogens is 658 g/mol. The maximum atomic E-state index is 13.1. The summed E-state index contributed by atoms with van der Waals surface area (Å²) in [6.45, 7) is 21.7. The van der Waals surface area contributed by atoms with E-state index in [0.717, 1.165) is 56.5 Å². The topological polar surface area (TPSA) is 95.9 Å². The molecule has 0 bridgehead atoms. The first kappa shape index (κ1) is 38.8. The van der Waals surface area contributed by atoms with Gasteiger partial charge in [-0.2, -0.15) is 0 Å². The quantitative estimate of drug-likeness (QED) is 0.164. The van der Waals surface area contributed by atoms with E-state index in [1.807, 2.05) is 12.1 Å². The number of rotatable bonds is 10. The van der Waals surface area contributed by atoms with Gasteiger partial charge in [0, 0.05) is 28.9 Å². The largest absolute Gasteiger partial charge is 0.481 e. The van der Waals surface area contributed by atoms with E-state index >= 15 is 0 Å². The zero-order chi connectivity index (χ0) is 37.4. The molecule has 0 saturated heterocycles. The van der Waals surface area contributed by atoms with Crippen molar-refractivity contribution in [2.45, 2.75) is 152 Å². The molecule has 0 unspecified atom stereocenters. The van der Waals surface area contributed by atoms with Crippen molar-refractivity contribution in [3.05, 3.63) is 46.0 Å². The van der Waals surface area contributed by atoms with Crippen LogP contribution in [0.5, 0.6) is 0 Å². The molecule has 6 rings (SSSR count). The number of hydrogen-bond donors (Lipinski definition) is 3. The van der Waals surface area contributed by atoms with Crippen LogP contribution >= 0.6 is 11.6 Å². The number of fused-ring (bicyclic) bond motifs is 7. The monoisotopic (exact) mass is 723 g/mol. The van der Waals surface area contributed by atoms with Crippen LogP contribution in [0.25, 0.3) is 0 Å². The second kappa shape index (κ2) is 13.4. The van der Waals surface area contributed by atoms with Crippen LogP contribution < -0.4 is 5.32 Å². The average molecular weight is 724 g/mol. The van der Waals surface area contributed by atoms with Gasteiger partial charge in [0.25, 0.3) is 0 Å². The van der Waals surface area contributed by atoms with Gasteiger partial charge in [-0.15, -0.1) is 0 Å². The van der Waals surface area contributed by atoms with Crippen LogP contribution in [0.1, 0.15) is 139 Å². The highest BCUT2D eigenvalue weighted by Crippen LogP contribution is 2.77. The zero-order valence-corrected chi connectivity index (χ0v) is 33.7.